The average Bonchev–Trinajstić information content (AvgIpc) is 3.14. The van der Waals surface area contributed by atoms with Gasteiger partial charge < -0.3 is 4.74 Å². The fourth-order valence-electron chi connectivity index (χ4n) is 4.47. The van der Waals surface area contributed by atoms with Crippen LogP contribution in [-0.4, -0.2) is 11.4 Å². The van der Waals surface area contributed by atoms with Crippen LogP contribution in [-0.2, 0) is 0 Å². The van der Waals surface area contributed by atoms with E-state index < -0.39 is 23.1 Å². The van der Waals surface area contributed by atoms with Crippen molar-refractivity contribution in [2.24, 2.45) is 5.92 Å². The molecule has 0 amide bonds. The summed E-state index contributed by atoms with van der Waals surface area (Å²) >= 11 is 0. The highest BCUT2D eigenvalue weighted by Crippen LogP contribution is 2.48. The molecule has 0 bridgehead atoms. The Morgan fingerprint density at radius 1 is 1.07 bits per heavy atom. The molecule has 1 atom stereocenters. The van der Waals surface area contributed by atoms with Gasteiger partial charge in [-0.05, 0) is 61.9 Å². The van der Waals surface area contributed by atoms with Crippen molar-refractivity contribution in [1.82, 2.24) is 0 Å². The summed E-state index contributed by atoms with van der Waals surface area (Å²) in [5, 5.41) is 8.95. The molecule has 1 aliphatic carbocycles. The van der Waals surface area contributed by atoms with E-state index in [-0.39, 0.29) is 23.7 Å². The third kappa shape index (κ3) is 2.86. The summed E-state index contributed by atoms with van der Waals surface area (Å²) in [5.74, 6) is -4.18. The minimum Gasteiger partial charge on any atom is -0.486 e. The lowest BCUT2D eigenvalue weighted by molar-refractivity contribution is 0.00319. The molecule has 2 aromatic carbocycles. The van der Waals surface area contributed by atoms with Crippen LogP contribution in [0.15, 0.2) is 30.3 Å². The zero-order chi connectivity index (χ0) is 19.9. The first kappa shape index (κ1) is 18.5. The van der Waals surface area contributed by atoms with Gasteiger partial charge in [0.25, 0.3) is 0 Å². The summed E-state index contributed by atoms with van der Waals surface area (Å²) in [4.78, 5) is 13.1. The van der Waals surface area contributed by atoms with Crippen LogP contribution in [0.1, 0.15) is 48.9 Å². The van der Waals surface area contributed by atoms with E-state index in [4.69, 9.17) is 10.00 Å². The first-order chi connectivity index (χ1) is 13.5. The van der Waals surface area contributed by atoms with Gasteiger partial charge in [0.1, 0.15) is 11.4 Å². The number of fused-ring (bicyclic) bond motifs is 1. The molecule has 2 aromatic rings. The Balaban J connectivity index is 1.77. The lowest BCUT2D eigenvalue weighted by Gasteiger charge is -2.41. The Bertz CT molecular complexity index is 990. The van der Waals surface area contributed by atoms with Crippen molar-refractivity contribution in [3.63, 3.8) is 0 Å². The molecule has 6 heteroatoms. The van der Waals surface area contributed by atoms with Crippen molar-refractivity contribution < 1.29 is 22.7 Å². The molecule has 0 saturated heterocycles. The molecule has 0 N–H and O–H groups in total. The molecule has 1 unspecified atom stereocenters. The zero-order valence-corrected chi connectivity index (χ0v) is 15.1. The molecule has 28 heavy (non-hydrogen) atoms. The minimum atomic E-state index is -1.53. The van der Waals surface area contributed by atoms with Crippen molar-refractivity contribution in [1.29, 1.82) is 5.26 Å². The monoisotopic (exact) mass is 385 g/mol. The number of ether oxygens (including phenoxy) is 1. The molecule has 4 rings (SSSR count). The van der Waals surface area contributed by atoms with E-state index in [9.17, 15) is 18.0 Å². The maximum atomic E-state index is 14.2. The van der Waals surface area contributed by atoms with E-state index in [1.807, 2.05) is 0 Å². The Morgan fingerprint density at radius 3 is 2.50 bits per heavy atom. The van der Waals surface area contributed by atoms with E-state index >= 15 is 0 Å². The predicted molar refractivity (Wildman–Crippen MR) is 96.2 cm³/mol. The Kier molecular flexibility index (Phi) is 4.62. The van der Waals surface area contributed by atoms with Crippen LogP contribution in [0.3, 0.4) is 0 Å². The summed E-state index contributed by atoms with van der Waals surface area (Å²) in [7, 11) is 0. The first-order valence-corrected chi connectivity index (χ1v) is 9.35. The molecule has 0 aromatic heterocycles. The number of carbonyl (C=O) groups excluding carboxylic acids is 1. The number of nitriles is 1. The Morgan fingerprint density at radius 2 is 1.79 bits per heavy atom. The second-order valence-corrected chi connectivity index (χ2v) is 7.42. The standard InChI is InChI=1S/C22H18F3NO2/c23-17-8-7-14(19(24)20(17)25)13-5-6-15-18(12-13)28-22(9-1-2-10-22)16(21(15)27)4-3-11-26/h5-8,12,16H,1-4,9-10H2. The molecule has 3 nitrogen and oxygen atoms in total. The fourth-order valence-corrected chi connectivity index (χ4v) is 4.47. The zero-order valence-electron chi connectivity index (χ0n) is 15.1. The van der Waals surface area contributed by atoms with Crippen molar-refractivity contribution in [2.45, 2.75) is 44.1 Å². The van der Waals surface area contributed by atoms with Crippen LogP contribution in [0.2, 0.25) is 0 Å². The van der Waals surface area contributed by atoms with E-state index in [1.54, 1.807) is 0 Å². The van der Waals surface area contributed by atoms with Gasteiger partial charge in [0.2, 0.25) is 0 Å². The highest BCUT2D eigenvalue weighted by atomic mass is 19.2. The average molecular weight is 385 g/mol. The number of carbonyl (C=O) groups is 1. The summed E-state index contributed by atoms with van der Waals surface area (Å²) in [5.41, 5.74) is -0.0461. The SMILES string of the molecule is N#CCCC1C(=O)c2ccc(-c3ccc(F)c(F)c3F)cc2OC12CCCC2. The summed E-state index contributed by atoms with van der Waals surface area (Å²) in [6, 6.07) is 8.69. The van der Waals surface area contributed by atoms with Crippen molar-refractivity contribution >= 4 is 5.78 Å². The van der Waals surface area contributed by atoms with E-state index in [2.05, 4.69) is 6.07 Å². The molecule has 1 spiro atoms. The van der Waals surface area contributed by atoms with Gasteiger partial charge >= 0.3 is 0 Å². The van der Waals surface area contributed by atoms with Gasteiger partial charge in [-0.2, -0.15) is 5.26 Å². The summed E-state index contributed by atoms with van der Waals surface area (Å²) < 4.78 is 47.4. The Labute approximate surface area is 160 Å². The molecule has 1 fully saturated rings. The van der Waals surface area contributed by atoms with Gasteiger partial charge in [0.05, 0.1) is 17.6 Å². The molecule has 1 heterocycles. The molecular formula is C22H18F3NO2. The molecule has 1 aliphatic heterocycles. The summed E-state index contributed by atoms with van der Waals surface area (Å²) in [6.45, 7) is 0. The minimum absolute atomic E-state index is 0.0734. The number of hydrogen-bond donors (Lipinski definition) is 0. The molecule has 144 valence electrons. The van der Waals surface area contributed by atoms with Crippen LogP contribution in [0.25, 0.3) is 11.1 Å². The van der Waals surface area contributed by atoms with Crippen LogP contribution >= 0.6 is 0 Å². The second kappa shape index (κ2) is 6.97. The summed E-state index contributed by atoms with van der Waals surface area (Å²) in [6.07, 6.45) is 4.02. The lowest BCUT2D eigenvalue weighted by atomic mass is 9.75. The quantitative estimate of drug-likeness (QED) is 0.648. The van der Waals surface area contributed by atoms with E-state index in [0.717, 1.165) is 31.7 Å². The third-order valence-electron chi connectivity index (χ3n) is 5.85. The normalized spacial score (nSPS) is 19.9. The predicted octanol–water partition coefficient (Wildman–Crippen LogP) is 5.58. The van der Waals surface area contributed by atoms with E-state index in [0.29, 0.717) is 23.3 Å². The number of rotatable bonds is 3. The largest absolute Gasteiger partial charge is 0.486 e. The molecule has 1 saturated carbocycles. The van der Waals surface area contributed by atoms with Crippen LogP contribution < -0.4 is 4.74 Å². The molecule has 2 aliphatic rings. The van der Waals surface area contributed by atoms with Gasteiger partial charge in [0.15, 0.2) is 23.2 Å². The maximum Gasteiger partial charge on any atom is 0.195 e. The van der Waals surface area contributed by atoms with Crippen LogP contribution in [0, 0.1) is 34.7 Å². The van der Waals surface area contributed by atoms with Gasteiger partial charge in [-0.15, -0.1) is 0 Å². The van der Waals surface area contributed by atoms with Crippen molar-refractivity contribution in [3.8, 4) is 22.9 Å². The molecular weight excluding hydrogens is 367 g/mol. The van der Waals surface area contributed by atoms with E-state index in [1.165, 1.54) is 24.3 Å². The van der Waals surface area contributed by atoms with Crippen molar-refractivity contribution in [2.75, 3.05) is 0 Å². The van der Waals surface area contributed by atoms with Gasteiger partial charge in [-0.25, -0.2) is 13.2 Å². The number of benzene rings is 2. The second-order valence-electron chi connectivity index (χ2n) is 7.42. The first-order valence-electron chi connectivity index (χ1n) is 9.35. The van der Waals surface area contributed by atoms with Crippen LogP contribution in [0.4, 0.5) is 13.2 Å². The highest BCUT2D eigenvalue weighted by Gasteiger charge is 2.50. The number of nitrogens with zero attached hydrogens (tertiary/aromatic N) is 1. The van der Waals surface area contributed by atoms with Gasteiger partial charge in [-0.1, -0.05) is 6.07 Å². The number of ketones is 1. The topological polar surface area (TPSA) is 50.1 Å². The number of hydrogen-bond acceptors (Lipinski definition) is 3. The number of Topliss-reactive ketones (excluding diaryl/α,β-unsaturated/α-hetero) is 1. The van der Waals surface area contributed by atoms with Crippen LogP contribution in [0.5, 0.6) is 5.75 Å². The number of halogens is 3. The fraction of sp³-hybridized carbons (Fsp3) is 0.364. The smallest absolute Gasteiger partial charge is 0.195 e. The van der Waals surface area contributed by atoms with Gasteiger partial charge in [0, 0.05) is 12.0 Å². The lowest BCUT2D eigenvalue weighted by Crippen LogP contribution is -2.48. The third-order valence-corrected chi connectivity index (χ3v) is 5.85. The van der Waals surface area contributed by atoms with Gasteiger partial charge in [-0.3, -0.25) is 4.79 Å². The van der Waals surface area contributed by atoms with Crippen molar-refractivity contribution in [3.05, 3.63) is 53.3 Å². The maximum absolute atomic E-state index is 14.2. The Hall–Kier alpha value is -2.81. The highest BCUT2D eigenvalue weighted by molar-refractivity contribution is 6.02. The molecule has 0 radical (unpaired) electrons.